The molecule has 0 aromatic carbocycles. The Morgan fingerprint density at radius 2 is 2.19 bits per heavy atom. The van der Waals surface area contributed by atoms with E-state index in [4.69, 9.17) is 4.74 Å². The Morgan fingerprint density at radius 1 is 1.42 bits per heavy atom. The number of carbonyl (C=O) groups excluding carboxylic acids is 1. The summed E-state index contributed by atoms with van der Waals surface area (Å²) in [6.45, 7) is 4.73. The van der Waals surface area contributed by atoms with Crippen LogP contribution in [0.5, 0.6) is 0 Å². The van der Waals surface area contributed by atoms with Crippen LogP contribution in [0.25, 0.3) is 0 Å². The van der Waals surface area contributed by atoms with Gasteiger partial charge in [-0.3, -0.25) is 4.79 Å². The standard InChI is InChI=1S/C19H23BrF3N5O2S/c20-15-16(18(29)24-4-2-5-27-6-8-30-9-7-27)26-28-14(19(21,22)23)11-12(25-17(15)28)13-3-1-10-31-13/h1,3,10,12,14,25H,2,4-9,11H2,(H,24,29)/p+1/t12-,14-/m0/s1. The lowest BCUT2D eigenvalue weighted by atomic mass is 10.0. The molecule has 7 nitrogen and oxygen atoms in total. The third-order valence-electron chi connectivity index (χ3n) is 5.59. The van der Waals surface area contributed by atoms with Gasteiger partial charge < -0.3 is 20.3 Å². The normalized spacial score (nSPS) is 22.1. The van der Waals surface area contributed by atoms with Crippen LogP contribution in [0, 0.1) is 0 Å². The fourth-order valence-electron chi connectivity index (χ4n) is 3.94. The molecule has 2 aliphatic heterocycles. The van der Waals surface area contributed by atoms with E-state index in [1.54, 1.807) is 6.07 Å². The quantitative estimate of drug-likeness (QED) is 0.509. The first kappa shape index (κ1) is 22.6. The van der Waals surface area contributed by atoms with Crippen LogP contribution in [0.4, 0.5) is 19.0 Å². The number of alkyl halides is 3. The maximum absolute atomic E-state index is 13.8. The molecule has 0 aliphatic carbocycles. The van der Waals surface area contributed by atoms with Gasteiger partial charge in [0, 0.05) is 24.3 Å². The topological polar surface area (TPSA) is 72.6 Å². The summed E-state index contributed by atoms with van der Waals surface area (Å²) >= 11 is 4.70. The maximum Gasteiger partial charge on any atom is 0.410 e. The van der Waals surface area contributed by atoms with Gasteiger partial charge in [0.2, 0.25) is 0 Å². The number of thiophene rings is 1. The van der Waals surface area contributed by atoms with Crippen molar-refractivity contribution < 1.29 is 27.6 Å². The van der Waals surface area contributed by atoms with Crippen molar-refractivity contribution in [2.45, 2.75) is 31.1 Å². The Hall–Kier alpha value is -1.63. The molecule has 31 heavy (non-hydrogen) atoms. The van der Waals surface area contributed by atoms with Gasteiger partial charge in [-0.1, -0.05) is 6.07 Å². The Bertz CT molecular complexity index is 899. The minimum absolute atomic E-state index is 0.0395. The lowest BCUT2D eigenvalue weighted by Gasteiger charge is -2.33. The largest absolute Gasteiger partial charge is 0.410 e. The molecule has 2 aromatic heterocycles. The smallest absolute Gasteiger partial charge is 0.370 e. The van der Waals surface area contributed by atoms with Crippen molar-refractivity contribution >= 4 is 39.0 Å². The minimum atomic E-state index is -4.48. The number of hydrogen-bond acceptors (Lipinski definition) is 5. The third kappa shape index (κ3) is 5.07. The van der Waals surface area contributed by atoms with E-state index in [1.807, 2.05) is 11.4 Å². The zero-order chi connectivity index (χ0) is 22.0. The van der Waals surface area contributed by atoms with Gasteiger partial charge in [0.05, 0.1) is 30.3 Å². The number of halogens is 4. The van der Waals surface area contributed by atoms with Gasteiger partial charge in [-0.2, -0.15) is 18.3 Å². The highest BCUT2D eigenvalue weighted by Gasteiger charge is 2.48. The summed E-state index contributed by atoms with van der Waals surface area (Å²) in [5.41, 5.74) is -0.0395. The zero-order valence-electron chi connectivity index (χ0n) is 16.7. The van der Waals surface area contributed by atoms with Crippen molar-refractivity contribution in [3.05, 3.63) is 32.6 Å². The lowest BCUT2D eigenvalue weighted by Crippen LogP contribution is -3.14. The van der Waals surface area contributed by atoms with Crippen LogP contribution < -0.4 is 15.5 Å². The minimum Gasteiger partial charge on any atom is -0.370 e. The van der Waals surface area contributed by atoms with E-state index in [1.165, 1.54) is 16.2 Å². The molecule has 0 radical (unpaired) electrons. The van der Waals surface area contributed by atoms with Gasteiger partial charge in [0.15, 0.2) is 11.7 Å². The first-order valence-corrected chi connectivity index (χ1v) is 11.9. The summed E-state index contributed by atoms with van der Waals surface area (Å²) in [7, 11) is 0. The number of hydrogen-bond donors (Lipinski definition) is 3. The zero-order valence-corrected chi connectivity index (χ0v) is 19.1. The molecule has 12 heteroatoms. The van der Waals surface area contributed by atoms with E-state index in [2.05, 4.69) is 31.7 Å². The number of morpholine rings is 1. The van der Waals surface area contributed by atoms with Gasteiger partial charge in [-0.25, -0.2) is 4.68 Å². The molecule has 0 saturated carbocycles. The van der Waals surface area contributed by atoms with E-state index < -0.39 is 24.2 Å². The molecule has 4 heterocycles. The van der Waals surface area contributed by atoms with Crippen LogP contribution in [0.1, 0.15) is 40.3 Å². The predicted molar refractivity (Wildman–Crippen MR) is 114 cm³/mol. The average Bonchev–Trinajstić information content (AvgIpc) is 3.39. The number of nitrogens with one attached hydrogen (secondary N) is 3. The molecular formula is C19H24BrF3N5O2S+. The number of amides is 1. The first-order valence-electron chi connectivity index (χ1n) is 10.2. The molecule has 2 aliphatic rings. The second-order valence-corrected chi connectivity index (χ2v) is 9.46. The Morgan fingerprint density at radius 3 is 2.87 bits per heavy atom. The van der Waals surface area contributed by atoms with Gasteiger partial charge in [0.25, 0.3) is 5.91 Å². The fourth-order valence-corrected chi connectivity index (χ4v) is 5.29. The van der Waals surface area contributed by atoms with Crippen molar-refractivity contribution in [1.29, 1.82) is 0 Å². The molecule has 4 rings (SSSR count). The number of rotatable bonds is 6. The number of nitrogens with zero attached hydrogens (tertiary/aromatic N) is 2. The fraction of sp³-hybridized carbons (Fsp3) is 0.579. The number of quaternary nitrogens is 1. The van der Waals surface area contributed by atoms with Crippen LogP contribution in [0.2, 0.25) is 0 Å². The van der Waals surface area contributed by atoms with Crippen LogP contribution in [0.15, 0.2) is 22.0 Å². The Labute approximate surface area is 190 Å². The Kier molecular flexibility index (Phi) is 6.89. The van der Waals surface area contributed by atoms with Crippen molar-refractivity contribution in [3.8, 4) is 0 Å². The maximum atomic E-state index is 13.8. The highest BCUT2D eigenvalue weighted by atomic mass is 79.9. The van der Waals surface area contributed by atoms with Crippen molar-refractivity contribution in [2.24, 2.45) is 0 Å². The molecular weight excluding hydrogens is 499 g/mol. The molecule has 2 atom stereocenters. The number of fused-ring (bicyclic) bond motifs is 1. The van der Waals surface area contributed by atoms with Gasteiger partial charge in [-0.15, -0.1) is 11.3 Å². The second-order valence-electron chi connectivity index (χ2n) is 7.68. The van der Waals surface area contributed by atoms with Crippen molar-refractivity contribution in [2.75, 3.05) is 44.7 Å². The summed E-state index contributed by atoms with van der Waals surface area (Å²) < 4.78 is 47.8. The van der Waals surface area contributed by atoms with E-state index in [9.17, 15) is 18.0 Å². The molecule has 170 valence electrons. The van der Waals surface area contributed by atoms with Gasteiger partial charge >= 0.3 is 6.18 Å². The SMILES string of the molecule is O=C(NCCC[NH+]1CCOCC1)c1nn2c(c1Br)N[C@H](c1cccs1)C[C@H]2C(F)(F)F. The van der Waals surface area contributed by atoms with Crippen LogP contribution >= 0.6 is 27.3 Å². The molecule has 2 aromatic rings. The summed E-state index contributed by atoms with van der Waals surface area (Å²) in [5.74, 6) is -0.309. The summed E-state index contributed by atoms with van der Waals surface area (Å²) in [4.78, 5) is 14.9. The molecule has 1 amide bonds. The molecule has 0 bridgehead atoms. The lowest BCUT2D eigenvalue weighted by molar-refractivity contribution is -0.908. The molecule has 0 unspecified atom stereocenters. The molecule has 3 N–H and O–H groups in total. The van der Waals surface area contributed by atoms with Crippen molar-refractivity contribution in [3.63, 3.8) is 0 Å². The highest BCUT2D eigenvalue weighted by Crippen LogP contribution is 2.46. The number of anilines is 1. The van der Waals surface area contributed by atoms with Crippen LogP contribution in [-0.2, 0) is 4.74 Å². The van der Waals surface area contributed by atoms with E-state index in [0.29, 0.717) is 6.54 Å². The van der Waals surface area contributed by atoms with E-state index in [-0.39, 0.29) is 22.4 Å². The van der Waals surface area contributed by atoms with E-state index >= 15 is 0 Å². The van der Waals surface area contributed by atoms with Gasteiger partial charge in [0.1, 0.15) is 18.9 Å². The molecule has 0 spiro atoms. The van der Waals surface area contributed by atoms with Crippen LogP contribution in [0.3, 0.4) is 0 Å². The number of carbonyl (C=O) groups is 1. The third-order valence-corrected chi connectivity index (χ3v) is 7.33. The summed E-state index contributed by atoms with van der Waals surface area (Å²) in [6.07, 6.45) is -3.89. The highest BCUT2D eigenvalue weighted by molar-refractivity contribution is 9.10. The van der Waals surface area contributed by atoms with E-state index in [0.717, 1.165) is 48.8 Å². The van der Waals surface area contributed by atoms with Crippen LogP contribution in [-0.4, -0.2) is 61.3 Å². The van der Waals surface area contributed by atoms with Crippen molar-refractivity contribution in [1.82, 2.24) is 15.1 Å². The summed E-state index contributed by atoms with van der Waals surface area (Å²) in [5, 5.41) is 11.8. The average molecular weight is 523 g/mol. The number of aromatic nitrogens is 2. The monoisotopic (exact) mass is 522 g/mol. The molecule has 1 fully saturated rings. The first-order chi connectivity index (χ1) is 14.8. The predicted octanol–water partition coefficient (Wildman–Crippen LogP) is 2.40. The van der Waals surface area contributed by atoms with Gasteiger partial charge in [-0.05, 0) is 27.4 Å². The summed E-state index contributed by atoms with van der Waals surface area (Å²) in [6, 6.07) is 1.31. The molecule has 1 saturated heterocycles. The number of ether oxygens (including phenoxy) is 1. The Balaban J connectivity index is 1.45. The second kappa shape index (κ2) is 9.47.